The summed E-state index contributed by atoms with van der Waals surface area (Å²) in [6, 6.07) is 12.1. The van der Waals surface area contributed by atoms with Crippen molar-refractivity contribution in [2.75, 3.05) is 26.3 Å². The molecular weight excluding hydrogens is 320 g/mol. The van der Waals surface area contributed by atoms with Gasteiger partial charge in [-0.15, -0.1) is 11.3 Å². The molecular formula is C19H24N2O2S. The number of carbonyl (C=O) groups is 1. The van der Waals surface area contributed by atoms with Gasteiger partial charge in [-0.05, 0) is 37.4 Å². The van der Waals surface area contributed by atoms with E-state index >= 15 is 0 Å². The number of nitrogens with zero attached hydrogens (tertiary/aromatic N) is 1. The van der Waals surface area contributed by atoms with Crippen molar-refractivity contribution >= 4 is 17.2 Å². The lowest BCUT2D eigenvalue weighted by atomic mass is 10.0. The highest BCUT2D eigenvalue weighted by Gasteiger charge is 2.29. The maximum atomic E-state index is 12.6. The highest BCUT2D eigenvalue weighted by molar-refractivity contribution is 7.10. The number of hydrogen-bond donors (Lipinski definition) is 1. The lowest BCUT2D eigenvalue weighted by Crippen LogP contribution is -2.48. The summed E-state index contributed by atoms with van der Waals surface area (Å²) in [6.07, 6.45) is 0. The summed E-state index contributed by atoms with van der Waals surface area (Å²) in [6.45, 7) is 7.39. The maximum Gasteiger partial charge on any atom is 0.251 e. The van der Waals surface area contributed by atoms with Gasteiger partial charge in [-0.3, -0.25) is 9.69 Å². The Morgan fingerprint density at radius 2 is 2.04 bits per heavy atom. The number of ether oxygens (including phenoxy) is 1. The Balaban J connectivity index is 1.75. The van der Waals surface area contributed by atoms with Gasteiger partial charge in [0, 0.05) is 29.6 Å². The summed E-state index contributed by atoms with van der Waals surface area (Å²) in [5, 5.41) is 5.29. The Hall–Kier alpha value is -1.69. The highest BCUT2D eigenvalue weighted by atomic mass is 32.1. The number of benzene rings is 1. The Labute approximate surface area is 147 Å². The fraction of sp³-hybridized carbons (Fsp3) is 0.421. The summed E-state index contributed by atoms with van der Waals surface area (Å²) in [7, 11) is 0. The average Bonchev–Trinajstić information content (AvgIpc) is 3.10. The van der Waals surface area contributed by atoms with Gasteiger partial charge in [-0.1, -0.05) is 23.8 Å². The van der Waals surface area contributed by atoms with Crippen molar-refractivity contribution in [1.82, 2.24) is 10.2 Å². The number of amides is 1. The van der Waals surface area contributed by atoms with Crippen molar-refractivity contribution in [2.45, 2.75) is 25.9 Å². The Morgan fingerprint density at radius 3 is 2.71 bits per heavy atom. The minimum absolute atomic E-state index is 0.0129. The average molecular weight is 344 g/mol. The Kier molecular flexibility index (Phi) is 5.66. The van der Waals surface area contributed by atoms with Crippen LogP contribution < -0.4 is 5.32 Å². The molecule has 0 saturated carbocycles. The SMILES string of the molecule is Cc1cccc(C(=O)N[C@@H](C)[C@H](c2cccs2)N2CCOCC2)c1. The van der Waals surface area contributed by atoms with E-state index in [0.717, 1.165) is 31.9 Å². The summed E-state index contributed by atoms with van der Waals surface area (Å²) >= 11 is 1.74. The zero-order valence-electron chi connectivity index (χ0n) is 14.2. The third-order valence-electron chi connectivity index (χ3n) is 4.39. The summed E-state index contributed by atoms with van der Waals surface area (Å²) < 4.78 is 5.48. The van der Waals surface area contributed by atoms with Crippen LogP contribution in [0.2, 0.25) is 0 Å². The molecule has 1 aliphatic rings. The van der Waals surface area contributed by atoms with Crippen LogP contribution in [0.3, 0.4) is 0 Å². The molecule has 1 amide bonds. The normalized spacial score (nSPS) is 18.1. The van der Waals surface area contributed by atoms with Gasteiger partial charge in [-0.2, -0.15) is 0 Å². The van der Waals surface area contributed by atoms with E-state index in [4.69, 9.17) is 4.74 Å². The number of thiophene rings is 1. The number of hydrogen-bond acceptors (Lipinski definition) is 4. The van der Waals surface area contributed by atoms with Crippen molar-refractivity contribution in [2.24, 2.45) is 0 Å². The molecule has 0 aliphatic carbocycles. The van der Waals surface area contributed by atoms with Gasteiger partial charge in [0.1, 0.15) is 0 Å². The van der Waals surface area contributed by atoms with Crippen LogP contribution in [0.15, 0.2) is 41.8 Å². The lowest BCUT2D eigenvalue weighted by molar-refractivity contribution is 0.00969. The van der Waals surface area contributed by atoms with Gasteiger partial charge in [0.2, 0.25) is 0 Å². The molecule has 1 saturated heterocycles. The fourth-order valence-corrected chi connectivity index (χ4v) is 4.18. The molecule has 1 N–H and O–H groups in total. The van der Waals surface area contributed by atoms with E-state index in [0.29, 0.717) is 5.56 Å². The third kappa shape index (κ3) is 4.04. The predicted octanol–water partition coefficient (Wildman–Crippen LogP) is 3.25. The van der Waals surface area contributed by atoms with Crippen molar-refractivity contribution in [3.8, 4) is 0 Å². The van der Waals surface area contributed by atoms with E-state index in [-0.39, 0.29) is 18.0 Å². The lowest BCUT2D eigenvalue weighted by Gasteiger charge is -2.37. The molecule has 0 radical (unpaired) electrons. The maximum absolute atomic E-state index is 12.6. The molecule has 0 unspecified atom stereocenters. The number of aryl methyl sites for hydroxylation is 1. The monoisotopic (exact) mass is 344 g/mol. The minimum atomic E-state index is -0.0129. The van der Waals surface area contributed by atoms with Gasteiger partial charge in [0.25, 0.3) is 5.91 Å². The molecule has 2 aromatic rings. The molecule has 2 atom stereocenters. The van der Waals surface area contributed by atoms with Crippen LogP contribution in [0.4, 0.5) is 0 Å². The van der Waals surface area contributed by atoms with Gasteiger partial charge in [0.15, 0.2) is 0 Å². The molecule has 5 heteroatoms. The Bertz CT molecular complexity index is 666. The molecule has 4 nitrogen and oxygen atoms in total. The first kappa shape index (κ1) is 17.1. The second kappa shape index (κ2) is 7.92. The fourth-order valence-electron chi connectivity index (χ4n) is 3.21. The second-order valence-electron chi connectivity index (χ2n) is 6.24. The zero-order valence-corrected chi connectivity index (χ0v) is 15.0. The van der Waals surface area contributed by atoms with Gasteiger partial charge in [0.05, 0.1) is 19.3 Å². The van der Waals surface area contributed by atoms with Crippen LogP contribution in [0.1, 0.15) is 33.8 Å². The summed E-state index contributed by atoms with van der Waals surface area (Å²) in [5.41, 5.74) is 1.81. The quantitative estimate of drug-likeness (QED) is 0.905. The van der Waals surface area contributed by atoms with Crippen molar-refractivity contribution in [1.29, 1.82) is 0 Å². The van der Waals surface area contributed by atoms with Crippen molar-refractivity contribution in [3.05, 3.63) is 57.8 Å². The summed E-state index contributed by atoms with van der Waals surface area (Å²) in [5.74, 6) is -0.0129. The molecule has 24 heavy (non-hydrogen) atoms. The number of nitrogens with one attached hydrogen (secondary N) is 1. The molecule has 1 aliphatic heterocycles. The topological polar surface area (TPSA) is 41.6 Å². The van der Waals surface area contributed by atoms with E-state index in [1.807, 2.05) is 31.2 Å². The van der Waals surface area contributed by atoms with Crippen LogP contribution in [0.5, 0.6) is 0 Å². The molecule has 3 rings (SSSR count). The van der Waals surface area contributed by atoms with Crippen molar-refractivity contribution in [3.63, 3.8) is 0 Å². The van der Waals surface area contributed by atoms with E-state index in [1.165, 1.54) is 4.88 Å². The molecule has 128 valence electrons. The first-order valence-corrected chi connectivity index (χ1v) is 9.26. The second-order valence-corrected chi connectivity index (χ2v) is 7.22. The Morgan fingerprint density at radius 1 is 1.25 bits per heavy atom. The smallest absolute Gasteiger partial charge is 0.251 e. The van der Waals surface area contributed by atoms with Crippen LogP contribution in [0.25, 0.3) is 0 Å². The van der Waals surface area contributed by atoms with E-state index in [2.05, 4.69) is 34.7 Å². The highest BCUT2D eigenvalue weighted by Crippen LogP contribution is 2.29. The first-order chi connectivity index (χ1) is 11.6. The third-order valence-corrected chi connectivity index (χ3v) is 5.33. The van der Waals surface area contributed by atoms with Gasteiger partial charge in [-0.25, -0.2) is 0 Å². The van der Waals surface area contributed by atoms with Crippen LogP contribution in [-0.4, -0.2) is 43.2 Å². The number of carbonyl (C=O) groups excluding carboxylic acids is 1. The van der Waals surface area contributed by atoms with Gasteiger partial charge >= 0.3 is 0 Å². The first-order valence-electron chi connectivity index (χ1n) is 8.38. The van der Waals surface area contributed by atoms with E-state index < -0.39 is 0 Å². The molecule has 0 spiro atoms. The van der Waals surface area contributed by atoms with Crippen LogP contribution in [0, 0.1) is 6.92 Å². The van der Waals surface area contributed by atoms with E-state index in [1.54, 1.807) is 11.3 Å². The standard InChI is InChI=1S/C19H24N2O2S/c1-14-5-3-6-16(13-14)19(22)20-15(2)18(17-7-4-12-24-17)21-8-10-23-11-9-21/h3-7,12-13,15,18H,8-11H2,1-2H3,(H,20,22)/t15-,18+/m0/s1. The number of morpholine rings is 1. The molecule has 1 aromatic carbocycles. The molecule has 2 heterocycles. The predicted molar refractivity (Wildman–Crippen MR) is 97.6 cm³/mol. The molecule has 1 aromatic heterocycles. The number of rotatable bonds is 5. The van der Waals surface area contributed by atoms with Crippen LogP contribution in [-0.2, 0) is 4.74 Å². The zero-order chi connectivity index (χ0) is 16.9. The van der Waals surface area contributed by atoms with Gasteiger partial charge < -0.3 is 10.1 Å². The largest absolute Gasteiger partial charge is 0.379 e. The summed E-state index contributed by atoms with van der Waals surface area (Å²) in [4.78, 5) is 16.3. The van der Waals surface area contributed by atoms with Crippen LogP contribution >= 0.6 is 11.3 Å². The van der Waals surface area contributed by atoms with E-state index in [9.17, 15) is 4.79 Å². The minimum Gasteiger partial charge on any atom is -0.379 e. The van der Waals surface area contributed by atoms with Crippen molar-refractivity contribution < 1.29 is 9.53 Å². The molecule has 0 bridgehead atoms. The molecule has 1 fully saturated rings.